The minimum absolute atomic E-state index is 0.0382. The van der Waals surface area contributed by atoms with Gasteiger partial charge in [0, 0.05) is 10.0 Å². The number of rotatable bonds is 6. The van der Waals surface area contributed by atoms with Crippen LogP contribution in [0.15, 0.2) is 53.0 Å². The predicted molar refractivity (Wildman–Crippen MR) is 92.6 cm³/mol. The highest BCUT2D eigenvalue weighted by Gasteiger charge is 2.10. The second-order valence-electron chi connectivity index (χ2n) is 5.21. The Hall–Kier alpha value is -2.14. The van der Waals surface area contributed by atoms with Gasteiger partial charge in [0.1, 0.15) is 5.75 Å². The van der Waals surface area contributed by atoms with Gasteiger partial charge in [-0.15, -0.1) is 0 Å². The van der Waals surface area contributed by atoms with Crippen LogP contribution in [0.4, 0.5) is 0 Å². The molecule has 0 aliphatic carbocycles. The molecule has 0 spiro atoms. The van der Waals surface area contributed by atoms with Crippen LogP contribution in [0.2, 0.25) is 0 Å². The van der Waals surface area contributed by atoms with E-state index in [2.05, 4.69) is 21.2 Å². The van der Waals surface area contributed by atoms with Gasteiger partial charge in [-0.25, -0.2) is 0 Å². The number of amides is 1. The Morgan fingerprint density at radius 2 is 1.87 bits per heavy atom. The van der Waals surface area contributed by atoms with E-state index in [4.69, 9.17) is 4.74 Å². The van der Waals surface area contributed by atoms with Gasteiger partial charge in [-0.1, -0.05) is 40.2 Å². The first-order valence-corrected chi connectivity index (χ1v) is 8.03. The Balaban J connectivity index is 1.88. The number of benzene rings is 2. The van der Waals surface area contributed by atoms with Crippen LogP contribution in [0.25, 0.3) is 0 Å². The minimum atomic E-state index is -0.214. The molecule has 4 nitrogen and oxygen atoms in total. The number of carbonyl (C=O) groups is 2. The summed E-state index contributed by atoms with van der Waals surface area (Å²) in [6, 6.07) is 14.5. The molecule has 2 rings (SSSR count). The van der Waals surface area contributed by atoms with Gasteiger partial charge in [-0.3, -0.25) is 9.59 Å². The summed E-state index contributed by atoms with van der Waals surface area (Å²) in [5.74, 6) is 0.251. The molecular formula is C18H18BrNO3. The molecular weight excluding hydrogens is 358 g/mol. The van der Waals surface area contributed by atoms with Gasteiger partial charge in [0.05, 0.1) is 6.04 Å². The summed E-state index contributed by atoms with van der Waals surface area (Å²) in [6.07, 6.45) is 0. The molecule has 120 valence electrons. The third-order valence-corrected chi connectivity index (χ3v) is 3.89. The molecule has 0 radical (unpaired) electrons. The Bertz CT molecular complexity index is 698. The van der Waals surface area contributed by atoms with E-state index in [1.165, 1.54) is 6.92 Å². The van der Waals surface area contributed by atoms with Gasteiger partial charge in [0.15, 0.2) is 12.4 Å². The Labute approximate surface area is 144 Å². The number of Topliss-reactive ketones (excluding diaryl/α,β-unsaturated/α-hetero) is 1. The van der Waals surface area contributed by atoms with Crippen molar-refractivity contribution >= 4 is 27.6 Å². The van der Waals surface area contributed by atoms with Crippen LogP contribution >= 0.6 is 15.9 Å². The van der Waals surface area contributed by atoms with E-state index in [-0.39, 0.29) is 24.3 Å². The number of carbonyl (C=O) groups excluding carboxylic acids is 2. The second kappa shape index (κ2) is 7.92. The van der Waals surface area contributed by atoms with Crippen molar-refractivity contribution in [1.82, 2.24) is 5.32 Å². The maximum Gasteiger partial charge on any atom is 0.258 e. The first kappa shape index (κ1) is 17.2. The number of nitrogens with one attached hydrogen (secondary N) is 1. The van der Waals surface area contributed by atoms with Crippen LogP contribution in [-0.4, -0.2) is 18.3 Å². The summed E-state index contributed by atoms with van der Waals surface area (Å²) < 4.78 is 6.44. The van der Waals surface area contributed by atoms with Crippen molar-refractivity contribution in [3.05, 3.63) is 64.1 Å². The van der Waals surface area contributed by atoms with Crippen LogP contribution in [0.5, 0.6) is 5.75 Å². The molecule has 0 fully saturated rings. The zero-order valence-electron chi connectivity index (χ0n) is 13.0. The highest BCUT2D eigenvalue weighted by molar-refractivity contribution is 9.10. The largest absolute Gasteiger partial charge is 0.484 e. The molecule has 0 heterocycles. The maximum absolute atomic E-state index is 12.0. The SMILES string of the molecule is CC(=O)c1cccc(OCC(=O)NC(C)c2ccc(Br)cc2)c1. The molecule has 2 aromatic rings. The lowest BCUT2D eigenvalue weighted by atomic mass is 10.1. The lowest BCUT2D eigenvalue weighted by molar-refractivity contribution is -0.123. The molecule has 1 atom stereocenters. The normalized spacial score (nSPS) is 11.6. The number of hydrogen-bond donors (Lipinski definition) is 1. The highest BCUT2D eigenvalue weighted by Crippen LogP contribution is 2.17. The van der Waals surface area contributed by atoms with E-state index in [0.717, 1.165) is 10.0 Å². The average Bonchev–Trinajstić information content (AvgIpc) is 2.53. The zero-order valence-corrected chi connectivity index (χ0v) is 14.6. The Morgan fingerprint density at radius 3 is 2.52 bits per heavy atom. The zero-order chi connectivity index (χ0) is 16.8. The number of halogens is 1. The fraction of sp³-hybridized carbons (Fsp3) is 0.222. The van der Waals surface area contributed by atoms with Crippen molar-refractivity contribution in [2.75, 3.05) is 6.61 Å². The van der Waals surface area contributed by atoms with Gasteiger partial charge in [0.25, 0.3) is 5.91 Å². The lowest BCUT2D eigenvalue weighted by Crippen LogP contribution is -2.31. The van der Waals surface area contributed by atoms with Crippen LogP contribution in [0.3, 0.4) is 0 Å². The molecule has 5 heteroatoms. The summed E-state index contributed by atoms with van der Waals surface area (Å²) in [6.45, 7) is 3.31. The average molecular weight is 376 g/mol. The van der Waals surface area contributed by atoms with Crippen molar-refractivity contribution < 1.29 is 14.3 Å². The predicted octanol–water partition coefficient (Wildman–Crippen LogP) is 3.91. The van der Waals surface area contributed by atoms with E-state index in [1.807, 2.05) is 31.2 Å². The summed E-state index contributed by atoms with van der Waals surface area (Å²) in [7, 11) is 0. The first-order chi connectivity index (χ1) is 11.0. The molecule has 2 aromatic carbocycles. The maximum atomic E-state index is 12.0. The van der Waals surface area contributed by atoms with Gasteiger partial charge in [0.2, 0.25) is 0 Å². The quantitative estimate of drug-likeness (QED) is 0.778. The third kappa shape index (κ3) is 5.21. The van der Waals surface area contributed by atoms with Crippen molar-refractivity contribution in [3.8, 4) is 5.75 Å². The van der Waals surface area contributed by atoms with Gasteiger partial charge >= 0.3 is 0 Å². The highest BCUT2D eigenvalue weighted by atomic mass is 79.9. The fourth-order valence-electron chi connectivity index (χ4n) is 2.07. The molecule has 0 aliphatic heterocycles. The summed E-state index contributed by atoms with van der Waals surface area (Å²) >= 11 is 3.38. The molecule has 1 N–H and O–H groups in total. The van der Waals surface area contributed by atoms with Crippen LogP contribution in [0, 0.1) is 0 Å². The van der Waals surface area contributed by atoms with E-state index in [1.54, 1.807) is 24.3 Å². The number of hydrogen-bond acceptors (Lipinski definition) is 3. The van der Waals surface area contributed by atoms with E-state index in [0.29, 0.717) is 11.3 Å². The first-order valence-electron chi connectivity index (χ1n) is 7.24. The molecule has 0 saturated carbocycles. The van der Waals surface area contributed by atoms with Crippen LogP contribution in [0.1, 0.15) is 35.8 Å². The van der Waals surface area contributed by atoms with Gasteiger partial charge in [-0.05, 0) is 43.7 Å². The Kier molecular flexibility index (Phi) is 5.93. The van der Waals surface area contributed by atoms with Gasteiger partial charge in [-0.2, -0.15) is 0 Å². The molecule has 1 unspecified atom stereocenters. The summed E-state index contributed by atoms with van der Waals surface area (Å²) in [4.78, 5) is 23.3. The second-order valence-corrected chi connectivity index (χ2v) is 6.13. The number of ketones is 1. The van der Waals surface area contributed by atoms with Crippen molar-refractivity contribution in [2.24, 2.45) is 0 Å². The lowest BCUT2D eigenvalue weighted by Gasteiger charge is -2.15. The van der Waals surface area contributed by atoms with E-state index in [9.17, 15) is 9.59 Å². The molecule has 0 saturated heterocycles. The van der Waals surface area contributed by atoms with Crippen molar-refractivity contribution in [2.45, 2.75) is 19.9 Å². The summed E-state index contributed by atoms with van der Waals surface area (Å²) in [5.41, 5.74) is 1.58. The molecule has 23 heavy (non-hydrogen) atoms. The molecule has 0 aliphatic rings. The van der Waals surface area contributed by atoms with Crippen LogP contribution < -0.4 is 10.1 Å². The standard InChI is InChI=1S/C18H18BrNO3/c1-12(14-6-8-16(19)9-7-14)20-18(22)11-23-17-5-3-4-15(10-17)13(2)21/h3-10,12H,11H2,1-2H3,(H,20,22). The Morgan fingerprint density at radius 1 is 1.17 bits per heavy atom. The molecule has 0 aromatic heterocycles. The molecule has 1 amide bonds. The topological polar surface area (TPSA) is 55.4 Å². The fourth-order valence-corrected chi connectivity index (χ4v) is 2.34. The number of ether oxygens (including phenoxy) is 1. The van der Waals surface area contributed by atoms with E-state index < -0.39 is 0 Å². The van der Waals surface area contributed by atoms with Crippen molar-refractivity contribution in [3.63, 3.8) is 0 Å². The van der Waals surface area contributed by atoms with Crippen molar-refractivity contribution in [1.29, 1.82) is 0 Å². The smallest absolute Gasteiger partial charge is 0.258 e. The summed E-state index contributed by atoms with van der Waals surface area (Å²) in [5, 5.41) is 2.88. The molecule has 0 bridgehead atoms. The van der Waals surface area contributed by atoms with Crippen LogP contribution in [-0.2, 0) is 4.79 Å². The van der Waals surface area contributed by atoms with Gasteiger partial charge < -0.3 is 10.1 Å². The third-order valence-electron chi connectivity index (χ3n) is 3.36. The monoisotopic (exact) mass is 375 g/mol. The minimum Gasteiger partial charge on any atom is -0.484 e. The van der Waals surface area contributed by atoms with E-state index >= 15 is 0 Å².